The minimum Gasteiger partial charge on any atom is -0.480 e. The summed E-state index contributed by atoms with van der Waals surface area (Å²) in [4.78, 5) is 13.4. The maximum absolute atomic E-state index is 11.2. The van der Waals surface area contributed by atoms with Crippen LogP contribution in [0.1, 0.15) is 39.5 Å². The van der Waals surface area contributed by atoms with Gasteiger partial charge in [-0.3, -0.25) is 9.69 Å². The Labute approximate surface area is 98.0 Å². The zero-order valence-electron chi connectivity index (χ0n) is 10.4. The summed E-state index contributed by atoms with van der Waals surface area (Å²) in [6.07, 6.45) is 4.47. The molecule has 1 unspecified atom stereocenters. The quantitative estimate of drug-likeness (QED) is 0.720. The van der Waals surface area contributed by atoms with Gasteiger partial charge >= 0.3 is 5.97 Å². The molecule has 4 heteroatoms. The highest BCUT2D eigenvalue weighted by atomic mass is 16.4. The van der Waals surface area contributed by atoms with E-state index in [1.807, 2.05) is 0 Å². The molecule has 0 amide bonds. The van der Waals surface area contributed by atoms with Crippen LogP contribution in [0, 0.1) is 0 Å². The predicted octanol–water partition coefficient (Wildman–Crippen LogP) is 1.31. The second kappa shape index (κ2) is 6.86. The van der Waals surface area contributed by atoms with E-state index in [0.717, 1.165) is 38.8 Å². The summed E-state index contributed by atoms with van der Waals surface area (Å²) in [6, 6.07) is 0.107. The topological polar surface area (TPSA) is 52.6 Å². The Bertz CT molecular complexity index is 215. The molecular formula is C12H24N2O2. The van der Waals surface area contributed by atoms with E-state index in [1.54, 1.807) is 0 Å². The Balaban J connectivity index is 2.66. The van der Waals surface area contributed by atoms with Crippen molar-refractivity contribution in [2.75, 3.05) is 19.6 Å². The molecule has 0 saturated carbocycles. The molecule has 0 aliphatic carbocycles. The van der Waals surface area contributed by atoms with Gasteiger partial charge in [-0.25, -0.2) is 0 Å². The summed E-state index contributed by atoms with van der Waals surface area (Å²) in [7, 11) is 0. The molecular weight excluding hydrogens is 204 g/mol. The van der Waals surface area contributed by atoms with Crippen molar-refractivity contribution < 1.29 is 9.90 Å². The van der Waals surface area contributed by atoms with Crippen LogP contribution in [0.3, 0.4) is 0 Å². The van der Waals surface area contributed by atoms with Gasteiger partial charge in [0.25, 0.3) is 0 Å². The summed E-state index contributed by atoms with van der Waals surface area (Å²) in [5.41, 5.74) is 0. The van der Waals surface area contributed by atoms with Crippen LogP contribution in [0.15, 0.2) is 0 Å². The second-order valence-corrected chi connectivity index (χ2v) is 4.53. The van der Waals surface area contributed by atoms with Gasteiger partial charge in [0.2, 0.25) is 0 Å². The molecule has 0 aromatic rings. The number of piperazine rings is 1. The smallest absolute Gasteiger partial charge is 0.322 e. The van der Waals surface area contributed by atoms with E-state index in [2.05, 4.69) is 24.1 Å². The van der Waals surface area contributed by atoms with E-state index in [1.165, 1.54) is 0 Å². The largest absolute Gasteiger partial charge is 0.480 e. The van der Waals surface area contributed by atoms with Gasteiger partial charge in [0.05, 0.1) is 0 Å². The molecule has 0 aromatic carbocycles. The molecule has 1 aliphatic rings. The van der Waals surface area contributed by atoms with E-state index in [9.17, 15) is 9.90 Å². The van der Waals surface area contributed by atoms with Gasteiger partial charge in [-0.15, -0.1) is 0 Å². The Morgan fingerprint density at radius 3 is 2.56 bits per heavy atom. The maximum Gasteiger partial charge on any atom is 0.322 e. The molecule has 1 rings (SSSR count). The number of nitrogens with zero attached hydrogens (tertiary/aromatic N) is 1. The predicted molar refractivity (Wildman–Crippen MR) is 64.6 cm³/mol. The van der Waals surface area contributed by atoms with Crippen molar-refractivity contribution in [2.45, 2.75) is 51.6 Å². The fraction of sp³-hybridized carbons (Fsp3) is 0.917. The number of aliphatic carboxylic acids is 1. The fourth-order valence-corrected chi connectivity index (χ4v) is 2.53. The van der Waals surface area contributed by atoms with E-state index in [-0.39, 0.29) is 6.04 Å². The number of carbonyl (C=O) groups is 1. The number of nitrogens with one attached hydrogen (secondary N) is 1. The van der Waals surface area contributed by atoms with Crippen LogP contribution in [0.4, 0.5) is 0 Å². The molecule has 94 valence electrons. The first-order valence-corrected chi connectivity index (χ1v) is 6.40. The van der Waals surface area contributed by atoms with E-state index >= 15 is 0 Å². The van der Waals surface area contributed by atoms with Crippen LogP contribution in [-0.4, -0.2) is 47.7 Å². The van der Waals surface area contributed by atoms with Crippen molar-refractivity contribution in [3.05, 3.63) is 0 Å². The highest BCUT2D eigenvalue weighted by molar-refractivity contribution is 5.74. The van der Waals surface area contributed by atoms with Gasteiger partial charge in [0.1, 0.15) is 6.04 Å². The molecule has 0 spiro atoms. The van der Waals surface area contributed by atoms with Crippen LogP contribution in [0.2, 0.25) is 0 Å². The molecule has 1 aliphatic heterocycles. The first-order valence-electron chi connectivity index (χ1n) is 6.40. The molecule has 0 bridgehead atoms. The SMILES string of the molecule is CCCC(CCC)N1CCNCC1C(=O)O. The van der Waals surface area contributed by atoms with E-state index < -0.39 is 5.97 Å². The molecule has 16 heavy (non-hydrogen) atoms. The summed E-state index contributed by atoms with van der Waals surface area (Å²) < 4.78 is 0. The van der Waals surface area contributed by atoms with Crippen LogP contribution in [-0.2, 0) is 4.79 Å². The van der Waals surface area contributed by atoms with Crippen molar-refractivity contribution in [3.8, 4) is 0 Å². The average molecular weight is 228 g/mol. The highest BCUT2D eigenvalue weighted by Gasteiger charge is 2.32. The molecule has 0 radical (unpaired) electrons. The number of rotatable bonds is 6. The lowest BCUT2D eigenvalue weighted by Gasteiger charge is -2.39. The minimum atomic E-state index is -0.690. The number of carboxylic acid groups (broad SMARTS) is 1. The van der Waals surface area contributed by atoms with Gasteiger partial charge in [-0.2, -0.15) is 0 Å². The van der Waals surface area contributed by atoms with Crippen LogP contribution in [0.5, 0.6) is 0 Å². The summed E-state index contributed by atoms with van der Waals surface area (Å²) in [6.45, 7) is 6.69. The Morgan fingerprint density at radius 1 is 1.44 bits per heavy atom. The van der Waals surface area contributed by atoms with Gasteiger partial charge in [0, 0.05) is 25.7 Å². The van der Waals surface area contributed by atoms with E-state index in [4.69, 9.17) is 0 Å². The third-order valence-corrected chi connectivity index (χ3v) is 3.28. The molecule has 1 saturated heterocycles. The van der Waals surface area contributed by atoms with Crippen molar-refractivity contribution in [1.29, 1.82) is 0 Å². The molecule has 1 atom stereocenters. The lowest BCUT2D eigenvalue weighted by molar-refractivity contribution is -0.145. The number of carboxylic acids is 1. The van der Waals surface area contributed by atoms with Gasteiger partial charge in [0.15, 0.2) is 0 Å². The standard InChI is InChI=1S/C12H24N2O2/c1-3-5-10(6-4-2)14-8-7-13-9-11(14)12(15)16/h10-11,13H,3-9H2,1-2H3,(H,15,16). The average Bonchev–Trinajstić information content (AvgIpc) is 2.29. The van der Waals surface area contributed by atoms with E-state index in [0.29, 0.717) is 12.6 Å². The Kier molecular flexibility index (Phi) is 5.77. The minimum absolute atomic E-state index is 0.336. The molecule has 2 N–H and O–H groups in total. The lowest BCUT2D eigenvalue weighted by atomic mass is 10.0. The lowest BCUT2D eigenvalue weighted by Crippen LogP contribution is -2.58. The normalized spacial score (nSPS) is 22.6. The zero-order valence-corrected chi connectivity index (χ0v) is 10.4. The third kappa shape index (κ3) is 3.46. The third-order valence-electron chi connectivity index (χ3n) is 3.28. The maximum atomic E-state index is 11.2. The van der Waals surface area contributed by atoms with Crippen molar-refractivity contribution in [3.63, 3.8) is 0 Å². The van der Waals surface area contributed by atoms with Crippen molar-refractivity contribution in [2.24, 2.45) is 0 Å². The van der Waals surface area contributed by atoms with Gasteiger partial charge < -0.3 is 10.4 Å². The van der Waals surface area contributed by atoms with Crippen molar-refractivity contribution >= 4 is 5.97 Å². The van der Waals surface area contributed by atoms with Crippen LogP contribution < -0.4 is 5.32 Å². The Morgan fingerprint density at radius 2 is 2.06 bits per heavy atom. The van der Waals surface area contributed by atoms with Gasteiger partial charge in [-0.05, 0) is 12.8 Å². The zero-order chi connectivity index (χ0) is 12.0. The fourth-order valence-electron chi connectivity index (χ4n) is 2.53. The van der Waals surface area contributed by atoms with Crippen LogP contribution in [0.25, 0.3) is 0 Å². The first kappa shape index (κ1) is 13.5. The van der Waals surface area contributed by atoms with Gasteiger partial charge in [-0.1, -0.05) is 26.7 Å². The summed E-state index contributed by atoms with van der Waals surface area (Å²) in [5, 5.41) is 12.4. The Hall–Kier alpha value is -0.610. The monoisotopic (exact) mass is 228 g/mol. The van der Waals surface area contributed by atoms with Crippen molar-refractivity contribution in [1.82, 2.24) is 10.2 Å². The second-order valence-electron chi connectivity index (χ2n) is 4.53. The molecule has 1 heterocycles. The first-order chi connectivity index (χ1) is 7.70. The molecule has 0 aromatic heterocycles. The summed E-state index contributed by atoms with van der Waals surface area (Å²) in [5.74, 6) is -0.690. The number of hydrogen-bond donors (Lipinski definition) is 2. The molecule has 4 nitrogen and oxygen atoms in total. The molecule has 1 fully saturated rings. The number of hydrogen-bond acceptors (Lipinski definition) is 3. The summed E-state index contributed by atoms with van der Waals surface area (Å²) >= 11 is 0. The highest BCUT2D eigenvalue weighted by Crippen LogP contribution is 2.17. The van der Waals surface area contributed by atoms with Crippen LogP contribution >= 0.6 is 0 Å².